The summed E-state index contributed by atoms with van der Waals surface area (Å²) in [6.45, 7) is 0. The second-order valence-electron chi connectivity index (χ2n) is 17.4. The molecule has 6 heteroatoms. The van der Waals surface area contributed by atoms with Crippen molar-refractivity contribution in [2.45, 2.75) is 0 Å². The molecule has 316 valence electrons. The molecule has 10 aromatic carbocycles. The van der Waals surface area contributed by atoms with Gasteiger partial charge in [0.15, 0.2) is 17.5 Å². The third kappa shape index (κ3) is 6.12. The van der Waals surface area contributed by atoms with Crippen LogP contribution in [0.15, 0.2) is 229 Å². The number of rotatable bonds is 6. The van der Waals surface area contributed by atoms with Crippen LogP contribution >= 0.6 is 0 Å². The quantitative estimate of drug-likeness (QED) is 0.156. The first kappa shape index (κ1) is 38.1. The number of hydrogen-bond acceptors (Lipinski definition) is 5. The molecule has 0 aliphatic heterocycles. The summed E-state index contributed by atoms with van der Waals surface area (Å²) >= 11 is 0. The van der Waals surface area contributed by atoms with Crippen LogP contribution in [0.25, 0.3) is 138 Å². The highest BCUT2D eigenvalue weighted by atomic mass is 16.3. The average Bonchev–Trinajstić information content (AvgIpc) is 3.96. The molecule has 0 aliphatic rings. The molecule has 4 heterocycles. The van der Waals surface area contributed by atoms with E-state index in [4.69, 9.17) is 24.4 Å². The van der Waals surface area contributed by atoms with Crippen molar-refractivity contribution in [2.75, 3.05) is 0 Å². The normalized spacial score (nSPS) is 11.8. The van der Waals surface area contributed by atoms with Crippen molar-refractivity contribution in [3.8, 4) is 62.2 Å². The largest absolute Gasteiger partial charge is 0.456 e. The highest BCUT2D eigenvalue weighted by Crippen LogP contribution is 2.43. The number of furan rings is 1. The molecule has 14 rings (SSSR count). The summed E-state index contributed by atoms with van der Waals surface area (Å²) in [5, 5.41) is 9.92. The lowest BCUT2D eigenvalue weighted by Gasteiger charge is -2.13. The van der Waals surface area contributed by atoms with Gasteiger partial charge < -0.3 is 8.98 Å². The van der Waals surface area contributed by atoms with E-state index in [1.165, 1.54) is 10.8 Å². The predicted octanol–water partition coefficient (Wildman–Crippen LogP) is 16.1. The monoisotopic (exact) mass is 867 g/mol. The number of fused-ring (bicyclic) bond motifs is 11. The average molecular weight is 868 g/mol. The lowest BCUT2D eigenvalue weighted by Crippen LogP contribution is -2.01. The number of para-hydroxylation sites is 3. The molecule has 0 atom stereocenters. The van der Waals surface area contributed by atoms with E-state index in [1.807, 2.05) is 18.2 Å². The number of nitrogens with zero attached hydrogens (tertiary/aromatic N) is 5. The molecular formula is C62H37N5O. The molecule has 0 radical (unpaired) electrons. The number of aromatic nitrogens is 5. The Morgan fingerprint density at radius 1 is 0.309 bits per heavy atom. The summed E-state index contributed by atoms with van der Waals surface area (Å²) in [7, 11) is 0. The van der Waals surface area contributed by atoms with Crippen LogP contribution in [0.5, 0.6) is 0 Å². The molecule has 0 spiro atoms. The van der Waals surface area contributed by atoms with Crippen molar-refractivity contribution in [1.82, 2.24) is 24.5 Å². The molecule has 0 saturated carbocycles. The summed E-state index contributed by atoms with van der Waals surface area (Å²) in [6.07, 6.45) is 0. The number of pyridine rings is 1. The fraction of sp³-hybridized carbons (Fsp3) is 0. The van der Waals surface area contributed by atoms with Gasteiger partial charge in [0.05, 0.1) is 22.2 Å². The molecule has 0 saturated heterocycles. The van der Waals surface area contributed by atoms with Crippen LogP contribution in [0.1, 0.15) is 0 Å². The van der Waals surface area contributed by atoms with E-state index in [0.29, 0.717) is 17.5 Å². The Hall–Kier alpha value is -9.26. The third-order valence-electron chi connectivity index (χ3n) is 13.4. The Kier molecular flexibility index (Phi) is 8.48. The first-order chi connectivity index (χ1) is 33.7. The van der Waals surface area contributed by atoms with Gasteiger partial charge in [0, 0.05) is 65.6 Å². The van der Waals surface area contributed by atoms with Gasteiger partial charge in [-0.1, -0.05) is 140 Å². The summed E-state index contributed by atoms with van der Waals surface area (Å²) in [6, 6.07) is 78.6. The van der Waals surface area contributed by atoms with Crippen LogP contribution in [0.3, 0.4) is 0 Å². The lowest BCUT2D eigenvalue weighted by atomic mass is 9.95. The Labute approximate surface area is 390 Å². The topological polar surface area (TPSA) is 69.6 Å². The van der Waals surface area contributed by atoms with E-state index >= 15 is 0 Å². The summed E-state index contributed by atoms with van der Waals surface area (Å²) in [4.78, 5) is 21.3. The summed E-state index contributed by atoms with van der Waals surface area (Å²) in [5.74, 6) is 1.75. The SMILES string of the molecule is c1ccc(-c2nc3ccc(-c4nc(-c5cccc(-c6ccc7ccccc7c6)c5)nc(-c5ccc6c(c5)c5ccccc5n6-c5ccccc5)n4)cc3c3c2ccc2oc4ccccc4c23)cc1. The zero-order chi connectivity index (χ0) is 44.7. The van der Waals surface area contributed by atoms with E-state index in [1.54, 1.807) is 0 Å². The minimum atomic E-state index is 0.569. The van der Waals surface area contributed by atoms with Gasteiger partial charge in [0.2, 0.25) is 0 Å². The van der Waals surface area contributed by atoms with Crippen molar-refractivity contribution >= 4 is 76.2 Å². The zero-order valence-corrected chi connectivity index (χ0v) is 36.5. The Bertz CT molecular complexity index is 4330. The van der Waals surface area contributed by atoms with Crippen molar-refractivity contribution < 1.29 is 4.42 Å². The fourth-order valence-corrected chi connectivity index (χ4v) is 10.2. The van der Waals surface area contributed by atoms with Crippen molar-refractivity contribution in [3.63, 3.8) is 0 Å². The number of benzene rings is 10. The summed E-state index contributed by atoms with van der Waals surface area (Å²) in [5.41, 5.74) is 12.7. The maximum atomic E-state index is 6.49. The minimum Gasteiger partial charge on any atom is -0.456 e. The maximum Gasteiger partial charge on any atom is 0.164 e. The first-order valence-corrected chi connectivity index (χ1v) is 22.9. The highest BCUT2D eigenvalue weighted by Gasteiger charge is 2.21. The van der Waals surface area contributed by atoms with E-state index in [2.05, 4.69) is 211 Å². The van der Waals surface area contributed by atoms with Gasteiger partial charge in [-0.15, -0.1) is 0 Å². The fourth-order valence-electron chi connectivity index (χ4n) is 10.2. The third-order valence-corrected chi connectivity index (χ3v) is 13.4. The Balaban J connectivity index is 1.01. The number of hydrogen-bond donors (Lipinski definition) is 0. The van der Waals surface area contributed by atoms with E-state index in [-0.39, 0.29) is 0 Å². The van der Waals surface area contributed by atoms with Gasteiger partial charge in [-0.2, -0.15) is 0 Å². The second-order valence-corrected chi connectivity index (χ2v) is 17.4. The van der Waals surface area contributed by atoms with Crippen molar-refractivity contribution in [2.24, 2.45) is 0 Å². The smallest absolute Gasteiger partial charge is 0.164 e. The van der Waals surface area contributed by atoms with Gasteiger partial charge in [-0.25, -0.2) is 19.9 Å². The van der Waals surface area contributed by atoms with Crippen LogP contribution in [0.2, 0.25) is 0 Å². The van der Waals surface area contributed by atoms with Gasteiger partial charge in [0.25, 0.3) is 0 Å². The van der Waals surface area contributed by atoms with Gasteiger partial charge >= 0.3 is 0 Å². The van der Waals surface area contributed by atoms with Crippen LogP contribution < -0.4 is 0 Å². The molecule has 68 heavy (non-hydrogen) atoms. The van der Waals surface area contributed by atoms with Gasteiger partial charge in [-0.05, 0) is 107 Å². The molecule has 0 bridgehead atoms. The lowest BCUT2D eigenvalue weighted by molar-refractivity contribution is 0.669. The van der Waals surface area contributed by atoms with Crippen LogP contribution in [-0.4, -0.2) is 24.5 Å². The molecule has 0 unspecified atom stereocenters. The molecule has 0 amide bonds. The summed E-state index contributed by atoms with van der Waals surface area (Å²) < 4.78 is 8.82. The molecule has 14 aromatic rings. The van der Waals surface area contributed by atoms with Crippen molar-refractivity contribution in [1.29, 1.82) is 0 Å². The van der Waals surface area contributed by atoms with Crippen LogP contribution in [-0.2, 0) is 0 Å². The van der Waals surface area contributed by atoms with Crippen LogP contribution in [0.4, 0.5) is 0 Å². The molecule has 6 nitrogen and oxygen atoms in total. The maximum absolute atomic E-state index is 6.49. The van der Waals surface area contributed by atoms with Gasteiger partial charge in [0.1, 0.15) is 11.2 Å². The zero-order valence-electron chi connectivity index (χ0n) is 36.5. The van der Waals surface area contributed by atoms with E-state index in [0.717, 1.165) is 110 Å². The molecule has 0 fully saturated rings. The Morgan fingerprint density at radius 3 is 1.74 bits per heavy atom. The Morgan fingerprint density at radius 2 is 0.912 bits per heavy atom. The molecular weight excluding hydrogens is 831 g/mol. The second kappa shape index (κ2) is 15.2. The predicted molar refractivity (Wildman–Crippen MR) is 279 cm³/mol. The van der Waals surface area contributed by atoms with E-state index in [9.17, 15) is 0 Å². The molecule has 0 aliphatic carbocycles. The van der Waals surface area contributed by atoms with E-state index < -0.39 is 0 Å². The molecule has 0 N–H and O–H groups in total. The highest BCUT2D eigenvalue weighted by molar-refractivity contribution is 6.28. The van der Waals surface area contributed by atoms with Gasteiger partial charge in [-0.3, -0.25) is 0 Å². The standard InChI is InChI=1S/C62H37N5O/c1-3-15-39(16-4-1)59-49-30-33-56-58(48-23-10-12-25-55(48)68-56)57(49)51-37-44(28-31-52(51)63-59)61-64-60(43-19-13-18-41(35-43)42-27-26-38-14-7-8-17-40(38)34-42)65-62(66-61)45-29-32-54-50(36-45)47-22-9-11-24-53(47)67(54)46-20-5-2-6-21-46/h1-37H. The first-order valence-electron chi connectivity index (χ1n) is 22.9. The van der Waals surface area contributed by atoms with Crippen molar-refractivity contribution in [3.05, 3.63) is 224 Å². The van der Waals surface area contributed by atoms with Crippen LogP contribution in [0, 0.1) is 0 Å². The molecule has 4 aromatic heterocycles. The minimum absolute atomic E-state index is 0.569.